The van der Waals surface area contributed by atoms with Crippen molar-refractivity contribution in [2.45, 2.75) is 0 Å². The Morgan fingerprint density at radius 2 is 1.94 bits per heavy atom. The molecule has 0 aliphatic heterocycles. The molecule has 0 fully saturated rings. The summed E-state index contributed by atoms with van der Waals surface area (Å²) < 4.78 is 14.9. The van der Waals surface area contributed by atoms with E-state index in [-0.39, 0.29) is 12.5 Å². The van der Waals surface area contributed by atoms with Gasteiger partial charge in [0.05, 0.1) is 33.0 Å². The first kappa shape index (κ1) is 14.3. The number of rotatable bonds is 7. The molecular weight excluding hydrogens is 238 g/mol. The molecule has 0 bridgehead atoms. The lowest BCUT2D eigenvalue weighted by molar-refractivity contribution is 0.00874. The van der Waals surface area contributed by atoms with E-state index < -0.39 is 0 Å². The highest BCUT2D eigenvalue weighted by Gasteiger charge is 2.13. The van der Waals surface area contributed by atoms with Crippen LogP contribution in [0.4, 0.5) is 0 Å². The molecule has 6 heteroatoms. The zero-order valence-electron chi connectivity index (χ0n) is 10.7. The zero-order chi connectivity index (χ0) is 13.4. The topological polar surface area (TPSA) is 66.0 Å². The summed E-state index contributed by atoms with van der Waals surface area (Å²) in [6, 6.07) is 4.91. The first-order valence-corrected chi connectivity index (χ1v) is 5.36. The van der Waals surface area contributed by atoms with E-state index in [2.05, 4.69) is 5.48 Å². The molecule has 0 aromatic heterocycles. The van der Waals surface area contributed by atoms with Gasteiger partial charge >= 0.3 is 0 Å². The summed E-state index contributed by atoms with van der Waals surface area (Å²) in [5, 5.41) is 0. The molecule has 0 aliphatic rings. The lowest BCUT2D eigenvalue weighted by Crippen LogP contribution is -2.25. The lowest BCUT2D eigenvalue weighted by Gasteiger charge is -2.10. The maximum absolute atomic E-state index is 11.8. The average Bonchev–Trinajstić information content (AvgIpc) is 2.42. The lowest BCUT2D eigenvalue weighted by atomic mass is 10.2. The predicted molar refractivity (Wildman–Crippen MR) is 64.8 cm³/mol. The summed E-state index contributed by atoms with van der Waals surface area (Å²) in [7, 11) is 4.58. The third-order valence-electron chi connectivity index (χ3n) is 2.21. The monoisotopic (exact) mass is 255 g/mol. The van der Waals surface area contributed by atoms with Crippen molar-refractivity contribution in [2.75, 3.05) is 34.5 Å². The van der Waals surface area contributed by atoms with Gasteiger partial charge in [-0.05, 0) is 12.1 Å². The zero-order valence-corrected chi connectivity index (χ0v) is 10.7. The highest BCUT2D eigenvalue weighted by molar-refractivity contribution is 5.96. The van der Waals surface area contributed by atoms with E-state index in [0.29, 0.717) is 23.7 Å². The standard InChI is InChI=1S/C12H17NO5/c1-15-6-7-18-13-12(14)10-5-4-9(16-2)8-11(10)17-3/h4-5,8H,6-7H2,1-3H3,(H,13,14). The van der Waals surface area contributed by atoms with Crippen molar-refractivity contribution in [1.29, 1.82) is 0 Å². The van der Waals surface area contributed by atoms with Crippen LogP contribution < -0.4 is 15.0 Å². The van der Waals surface area contributed by atoms with Gasteiger partial charge in [-0.15, -0.1) is 0 Å². The van der Waals surface area contributed by atoms with Crippen molar-refractivity contribution in [3.05, 3.63) is 23.8 Å². The molecule has 0 aliphatic carbocycles. The Bertz CT molecular complexity index is 394. The Balaban J connectivity index is 2.66. The number of hydrogen-bond acceptors (Lipinski definition) is 5. The van der Waals surface area contributed by atoms with Crippen molar-refractivity contribution in [3.8, 4) is 11.5 Å². The second-order valence-corrected chi connectivity index (χ2v) is 3.34. The van der Waals surface area contributed by atoms with E-state index in [1.807, 2.05) is 0 Å². The van der Waals surface area contributed by atoms with E-state index in [4.69, 9.17) is 19.0 Å². The molecule has 1 N–H and O–H groups in total. The van der Waals surface area contributed by atoms with E-state index in [1.54, 1.807) is 32.4 Å². The molecule has 0 saturated heterocycles. The van der Waals surface area contributed by atoms with Crippen molar-refractivity contribution in [3.63, 3.8) is 0 Å². The number of amides is 1. The highest BCUT2D eigenvalue weighted by Crippen LogP contribution is 2.24. The number of methoxy groups -OCH3 is 3. The molecule has 1 amide bonds. The first-order valence-electron chi connectivity index (χ1n) is 5.36. The number of hydroxylamine groups is 1. The molecule has 0 saturated carbocycles. The van der Waals surface area contributed by atoms with Gasteiger partial charge in [0.1, 0.15) is 11.5 Å². The molecule has 0 atom stereocenters. The minimum Gasteiger partial charge on any atom is -0.497 e. The molecule has 0 heterocycles. The molecule has 1 aromatic rings. The molecule has 0 radical (unpaired) electrons. The van der Waals surface area contributed by atoms with Crippen LogP contribution in [0.2, 0.25) is 0 Å². The Labute approximate surface area is 106 Å². The number of carbonyl (C=O) groups is 1. The predicted octanol–water partition coefficient (Wildman–Crippen LogP) is 1.01. The van der Waals surface area contributed by atoms with Gasteiger partial charge < -0.3 is 14.2 Å². The fraction of sp³-hybridized carbons (Fsp3) is 0.417. The minimum absolute atomic E-state index is 0.278. The van der Waals surface area contributed by atoms with Crippen LogP contribution in [0.15, 0.2) is 18.2 Å². The SMILES string of the molecule is COCCONC(=O)c1ccc(OC)cc1OC. The van der Waals surface area contributed by atoms with Crippen molar-refractivity contribution in [2.24, 2.45) is 0 Å². The average molecular weight is 255 g/mol. The third-order valence-corrected chi connectivity index (χ3v) is 2.21. The molecule has 0 spiro atoms. The Morgan fingerprint density at radius 1 is 1.17 bits per heavy atom. The van der Waals surface area contributed by atoms with Crippen LogP contribution in [0.3, 0.4) is 0 Å². The van der Waals surface area contributed by atoms with Crippen molar-refractivity contribution in [1.82, 2.24) is 5.48 Å². The largest absolute Gasteiger partial charge is 0.497 e. The number of ether oxygens (including phenoxy) is 3. The van der Waals surface area contributed by atoms with Gasteiger partial charge in [-0.1, -0.05) is 0 Å². The van der Waals surface area contributed by atoms with Gasteiger partial charge in [0.15, 0.2) is 0 Å². The molecule has 18 heavy (non-hydrogen) atoms. The van der Waals surface area contributed by atoms with E-state index in [9.17, 15) is 4.79 Å². The maximum atomic E-state index is 11.8. The van der Waals surface area contributed by atoms with Crippen LogP contribution in [0, 0.1) is 0 Å². The van der Waals surface area contributed by atoms with E-state index in [1.165, 1.54) is 7.11 Å². The Kier molecular flexibility index (Phi) is 5.96. The number of benzene rings is 1. The van der Waals surface area contributed by atoms with Crippen LogP contribution >= 0.6 is 0 Å². The fourth-order valence-electron chi connectivity index (χ4n) is 1.28. The Hall–Kier alpha value is -1.79. The molecule has 1 rings (SSSR count). The number of carbonyl (C=O) groups excluding carboxylic acids is 1. The molecular formula is C12H17NO5. The van der Waals surface area contributed by atoms with Gasteiger partial charge in [-0.2, -0.15) is 0 Å². The molecule has 6 nitrogen and oxygen atoms in total. The van der Waals surface area contributed by atoms with Gasteiger partial charge in [0, 0.05) is 13.2 Å². The summed E-state index contributed by atoms with van der Waals surface area (Å²) in [5.74, 6) is 0.650. The normalized spacial score (nSPS) is 9.94. The fourth-order valence-corrected chi connectivity index (χ4v) is 1.28. The van der Waals surface area contributed by atoms with E-state index >= 15 is 0 Å². The second-order valence-electron chi connectivity index (χ2n) is 3.34. The number of hydrogen-bond donors (Lipinski definition) is 1. The van der Waals surface area contributed by atoms with Gasteiger partial charge in [0.25, 0.3) is 5.91 Å². The summed E-state index contributed by atoms with van der Waals surface area (Å²) >= 11 is 0. The van der Waals surface area contributed by atoms with E-state index in [0.717, 1.165) is 0 Å². The van der Waals surface area contributed by atoms with Gasteiger partial charge in [-0.3, -0.25) is 9.63 Å². The minimum atomic E-state index is -0.384. The van der Waals surface area contributed by atoms with Crippen LogP contribution in [0.5, 0.6) is 11.5 Å². The van der Waals surface area contributed by atoms with Crippen LogP contribution in [-0.4, -0.2) is 40.5 Å². The highest BCUT2D eigenvalue weighted by atomic mass is 16.7. The second kappa shape index (κ2) is 7.52. The van der Waals surface area contributed by atoms with Crippen LogP contribution in [-0.2, 0) is 9.57 Å². The van der Waals surface area contributed by atoms with Crippen LogP contribution in [0.1, 0.15) is 10.4 Å². The maximum Gasteiger partial charge on any atom is 0.278 e. The first-order chi connectivity index (χ1) is 8.72. The van der Waals surface area contributed by atoms with Gasteiger partial charge in [-0.25, -0.2) is 5.48 Å². The third kappa shape index (κ3) is 3.90. The van der Waals surface area contributed by atoms with Gasteiger partial charge in [0.2, 0.25) is 0 Å². The van der Waals surface area contributed by atoms with Crippen molar-refractivity contribution < 1.29 is 23.8 Å². The molecule has 100 valence electrons. The van der Waals surface area contributed by atoms with Crippen LogP contribution in [0.25, 0.3) is 0 Å². The summed E-state index contributed by atoms with van der Waals surface area (Å²) in [6.45, 7) is 0.681. The van der Waals surface area contributed by atoms with Crippen molar-refractivity contribution >= 4 is 5.91 Å². The Morgan fingerprint density at radius 3 is 2.56 bits per heavy atom. The number of nitrogens with one attached hydrogen (secondary N) is 1. The smallest absolute Gasteiger partial charge is 0.278 e. The quantitative estimate of drug-likeness (QED) is 0.582. The molecule has 0 unspecified atom stereocenters. The molecule has 1 aromatic carbocycles. The summed E-state index contributed by atoms with van der Waals surface area (Å²) in [6.07, 6.45) is 0. The summed E-state index contributed by atoms with van der Waals surface area (Å²) in [5.41, 5.74) is 2.68. The summed E-state index contributed by atoms with van der Waals surface area (Å²) in [4.78, 5) is 16.7.